The average Bonchev–Trinajstić information content (AvgIpc) is 2.78. The molecule has 3 aromatic carbocycles. The SMILES string of the molecule is CC(OC(=O)c1ccc(OCc2ccccc2)cc1)C(=O)Nc1cccc(C#N)c1. The molecule has 0 aromatic heterocycles. The molecule has 0 bridgehead atoms. The summed E-state index contributed by atoms with van der Waals surface area (Å²) in [5.74, 6) is -0.474. The lowest BCUT2D eigenvalue weighted by Crippen LogP contribution is -2.30. The van der Waals surface area contributed by atoms with Gasteiger partial charge in [-0.15, -0.1) is 0 Å². The lowest BCUT2D eigenvalue weighted by molar-refractivity contribution is -0.123. The Balaban J connectivity index is 1.53. The molecule has 0 aliphatic carbocycles. The molecule has 0 aliphatic rings. The molecule has 1 unspecified atom stereocenters. The van der Waals surface area contributed by atoms with Gasteiger partial charge in [-0.1, -0.05) is 36.4 Å². The fourth-order valence-corrected chi connectivity index (χ4v) is 2.62. The summed E-state index contributed by atoms with van der Waals surface area (Å²) in [6, 6.07) is 24.8. The minimum absolute atomic E-state index is 0.313. The smallest absolute Gasteiger partial charge is 0.338 e. The quantitative estimate of drug-likeness (QED) is 0.597. The molecule has 1 atom stereocenters. The van der Waals surface area contributed by atoms with Crippen LogP contribution in [0.1, 0.15) is 28.4 Å². The second kappa shape index (κ2) is 9.89. The van der Waals surface area contributed by atoms with Crippen LogP contribution in [0.5, 0.6) is 5.75 Å². The predicted octanol–water partition coefficient (Wildman–Crippen LogP) is 4.32. The number of hydrogen-bond acceptors (Lipinski definition) is 5. The Bertz CT molecular complexity index is 1060. The third-order valence-corrected chi connectivity index (χ3v) is 4.25. The maximum atomic E-state index is 12.3. The number of benzene rings is 3. The van der Waals surface area contributed by atoms with Gasteiger partial charge in [0.25, 0.3) is 5.91 Å². The summed E-state index contributed by atoms with van der Waals surface area (Å²) in [5, 5.41) is 11.5. The third-order valence-electron chi connectivity index (χ3n) is 4.25. The van der Waals surface area contributed by atoms with Gasteiger partial charge < -0.3 is 14.8 Å². The Morgan fingerprint density at radius 3 is 2.43 bits per heavy atom. The standard InChI is InChI=1S/C24H20N2O4/c1-17(23(27)26-21-9-5-8-19(14-21)15-25)30-24(28)20-10-12-22(13-11-20)29-16-18-6-3-2-4-7-18/h2-14,17H,16H2,1H3,(H,26,27). The van der Waals surface area contributed by atoms with Gasteiger partial charge in [0, 0.05) is 5.69 Å². The highest BCUT2D eigenvalue weighted by atomic mass is 16.5. The first kappa shape index (κ1) is 20.6. The number of carbonyl (C=O) groups is 2. The van der Waals surface area contributed by atoms with Crippen LogP contribution in [0.3, 0.4) is 0 Å². The molecule has 0 spiro atoms. The van der Waals surface area contributed by atoms with Crippen molar-refractivity contribution in [3.63, 3.8) is 0 Å². The van der Waals surface area contributed by atoms with Crippen LogP contribution < -0.4 is 10.1 Å². The lowest BCUT2D eigenvalue weighted by atomic mass is 10.2. The molecule has 1 amide bonds. The number of hydrogen-bond donors (Lipinski definition) is 1. The molecule has 6 nitrogen and oxygen atoms in total. The number of carbonyl (C=O) groups excluding carboxylic acids is 2. The van der Waals surface area contributed by atoms with Crippen LogP contribution in [0.2, 0.25) is 0 Å². The van der Waals surface area contributed by atoms with Crippen LogP contribution in [0.15, 0.2) is 78.9 Å². The second-order valence-electron chi connectivity index (χ2n) is 6.53. The summed E-state index contributed by atoms with van der Waals surface area (Å²) in [5.41, 5.74) is 2.24. The van der Waals surface area contributed by atoms with Gasteiger partial charge in [-0.2, -0.15) is 5.26 Å². The zero-order valence-electron chi connectivity index (χ0n) is 16.4. The van der Waals surface area contributed by atoms with Crippen LogP contribution in [0, 0.1) is 11.3 Å². The van der Waals surface area contributed by atoms with E-state index in [-0.39, 0.29) is 0 Å². The average molecular weight is 400 g/mol. The molecule has 0 saturated carbocycles. The summed E-state index contributed by atoms with van der Waals surface area (Å²) < 4.78 is 10.9. The maximum absolute atomic E-state index is 12.3. The minimum atomic E-state index is -1.00. The molecule has 150 valence electrons. The Morgan fingerprint density at radius 2 is 1.73 bits per heavy atom. The van der Waals surface area contributed by atoms with Gasteiger partial charge in [-0.25, -0.2) is 4.79 Å². The Labute approximate surface area is 174 Å². The van der Waals surface area contributed by atoms with Gasteiger partial charge in [0.2, 0.25) is 0 Å². The second-order valence-corrected chi connectivity index (χ2v) is 6.53. The van der Waals surface area contributed by atoms with E-state index in [0.717, 1.165) is 5.56 Å². The first-order chi connectivity index (χ1) is 14.5. The number of amides is 1. The fourth-order valence-electron chi connectivity index (χ4n) is 2.62. The van der Waals surface area contributed by atoms with Crippen molar-refractivity contribution >= 4 is 17.6 Å². The van der Waals surface area contributed by atoms with Crippen LogP contribution >= 0.6 is 0 Å². The molecule has 0 fully saturated rings. The molecule has 30 heavy (non-hydrogen) atoms. The van der Waals surface area contributed by atoms with Crippen LogP contribution in [0.25, 0.3) is 0 Å². The van der Waals surface area contributed by atoms with Crippen molar-refractivity contribution in [3.8, 4) is 11.8 Å². The molecule has 3 aromatic rings. The van der Waals surface area contributed by atoms with Gasteiger partial charge in [-0.3, -0.25) is 4.79 Å². The summed E-state index contributed by atoms with van der Waals surface area (Å²) in [6.07, 6.45) is -1.00. The van der Waals surface area contributed by atoms with E-state index < -0.39 is 18.0 Å². The lowest BCUT2D eigenvalue weighted by Gasteiger charge is -2.14. The molecule has 3 rings (SSSR count). The largest absolute Gasteiger partial charge is 0.489 e. The molecule has 0 aliphatic heterocycles. The molecule has 0 radical (unpaired) electrons. The van der Waals surface area contributed by atoms with Gasteiger partial charge in [-0.05, 0) is 55.0 Å². The van der Waals surface area contributed by atoms with E-state index in [1.165, 1.54) is 6.92 Å². The normalized spacial score (nSPS) is 11.1. The highest BCUT2D eigenvalue weighted by Crippen LogP contribution is 2.16. The zero-order valence-corrected chi connectivity index (χ0v) is 16.4. The van der Waals surface area contributed by atoms with Crippen molar-refractivity contribution in [1.82, 2.24) is 0 Å². The third kappa shape index (κ3) is 5.69. The van der Waals surface area contributed by atoms with E-state index in [2.05, 4.69) is 5.32 Å². The number of esters is 1. The highest BCUT2D eigenvalue weighted by molar-refractivity contribution is 5.97. The van der Waals surface area contributed by atoms with Crippen LogP contribution in [-0.2, 0) is 16.1 Å². The molecule has 1 N–H and O–H groups in total. The maximum Gasteiger partial charge on any atom is 0.338 e. The first-order valence-electron chi connectivity index (χ1n) is 9.34. The topological polar surface area (TPSA) is 88.4 Å². The van der Waals surface area contributed by atoms with Gasteiger partial charge in [0.1, 0.15) is 12.4 Å². The van der Waals surface area contributed by atoms with Crippen LogP contribution in [0.4, 0.5) is 5.69 Å². The van der Waals surface area contributed by atoms with Gasteiger partial charge >= 0.3 is 5.97 Å². The van der Waals surface area contributed by atoms with E-state index >= 15 is 0 Å². The number of anilines is 1. The van der Waals surface area contributed by atoms with Crippen molar-refractivity contribution in [2.45, 2.75) is 19.6 Å². The van der Waals surface area contributed by atoms with Gasteiger partial charge in [0.15, 0.2) is 6.10 Å². The summed E-state index contributed by atoms with van der Waals surface area (Å²) in [7, 11) is 0. The van der Waals surface area contributed by atoms with Crippen molar-refractivity contribution in [2.24, 2.45) is 0 Å². The van der Waals surface area contributed by atoms with E-state index in [1.807, 2.05) is 36.4 Å². The Hall–Kier alpha value is -4.11. The van der Waals surface area contributed by atoms with Gasteiger partial charge in [0.05, 0.1) is 17.2 Å². The van der Waals surface area contributed by atoms with E-state index in [0.29, 0.717) is 29.2 Å². The van der Waals surface area contributed by atoms with Crippen molar-refractivity contribution in [2.75, 3.05) is 5.32 Å². The molecule has 0 heterocycles. The van der Waals surface area contributed by atoms with Crippen molar-refractivity contribution in [1.29, 1.82) is 5.26 Å². The summed E-state index contributed by atoms with van der Waals surface area (Å²) in [4.78, 5) is 24.6. The number of nitriles is 1. The summed E-state index contributed by atoms with van der Waals surface area (Å²) in [6.45, 7) is 1.91. The van der Waals surface area contributed by atoms with E-state index in [1.54, 1.807) is 48.5 Å². The highest BCUT2D eigenvalue weighted by Gasteiger charge is 2.19. The number of nitrogens with one attached hydrogen (secondary N) is 1. The van der Waals surface area contributed by atoms with E-state index in [4.69, 9.17) is 14.7 Å². The molecular weight excluding hydrogens is 380 g/mol. The zero-order chi connectivity index (χ0) is 21.3. The number of rotatable bonds is 7. The molecule has 6 heteroatoms. The summed E-state index contributed by atoms with van der Waals surface area (Å²) >= 11 is 0. The predicted molar refractivity (Wildman–Crippen MR) is 112 cm³/mol. The minimum Gasteiger partial charge on any atom is -0.489 e. The Morgan fingerprint density at radius 1 is 1.00 bits per heavy atom. The van der Waals surface area contributed by atoms with Crippen molar-refractivity contribution in [3.05, 3.63) is 95.6 Å². The monoisotopic (exact) mass is 400 g/mol. The van der Waals surface area contributed by atoms with Crippen LogP contribution in [-0.4, -0.2) is 18.0 Å². The number of ether oxygens (including phenoxy) is 2. The Kier molecular flexibility index (Phi) is 6.80. The molecular formula is C24H20N2O4. The fraction of sp³-hybridized carbons (Fsp3) is 0.125. The van der Waals surface area contributed by atoms with E-state index in [9.17, 15) is 9.59 Å². The first-order valence-corrected chi connectivity index (χ1v) is 9.34. The number of nitrogens with zero attached hydrogens (tertiary/aromatic N) is 1. The molecule has 0 saturated heterocycles. The van der Waals surface area contributed by atoms with Crippen molar-refractivity contribution < 1.29 is 19.1 Å².